The van der Waals surface area contributed by atoms with E-state index in [0.29, 0.717) is 5.56 Å². The summed E-state index contributed by atoms with van der Waals surface area (Å²) in [5.74, 6) is -0.367. The molecule has 3 rings (SSSR count). The molecule has 1 aromatic carbocycles. The lowest BCUT2D eigenvalue weighted by Gasteiger charge is -2.47. The summed E-state index contributed by atoms with van der Waals surface area (Å²) in [4.78, 5) is 16.0. The van der Waals surface area contributed by atoms with Crippen molar-refractivity contribution in [1.82, 2.24) is 4.98 Å². The minimum Gasteiger partial charge on any atom is -0.381 e. The summed E-state index contributed by atoms with van der Waals surface area (Å²) >= 11 is 0. The fraction of sp³-hybridized carbons (Fsp3) is 0.200. The second-order valence-electron chi connectivity index (χ2n) is 5.29. The Balaban J connectivity index is 1.89. The maximum Gasteiger partial charge on any atom is 0.329 e. The van der Waals surface area contributed by atoms with Crippen molar-refractivity contribution in [3.8, 4) is 6.07 Å². The Labute approximate surface area is 130 Å². The van der Waals surface area contributed by atoms with Crippen LogP contribution in [0.1, 0.15) is 11.1 Å². The third-order valence-corrected chi connectivity index (χ3v) is 3.79. The van der Waals surface area contributed by atoms with Gasteiger partial charge < -0.3 is 10.0 Å². The number of nitrogens with zero attached hydrogens (tertiary/aromatic N) is 4. The van der Waals surface area contributed by atoms with Crippen molar-refractivity contribution in [1.29, 1.82) is 5.26 Å². The largest absolute Gasteiger partial charge is 0.381 e. The summed E-state index contributed by atoms with van der Waals surface area (Å²) in [5.41, 5.74) is -1.17. The Morgan fingerprint density at radius 2 is 2.00 bits per heavy atom. The number of anilines is 1. The van der Waals surface area contributed by atoms with Gasteiger partial charge in [-0.3, -0.25) is 10.1 Å². The fourth-order valence-corrected chi connectivity index (χ4v) is 2.62. The van der Waals surface area contributed by atoms with Crippen LogP contribution in [0, 0.1) is 27.3 Å². The molecule has 7 nitrogen and oxygen atoms in total. The van der Waals surface area contributed by atoms with Gasteiger partial charge in [0.1, 0.15) is 23.1 Å². The molecule has 1 fully saturated rings. The first-order valence-corrected chi connectivity index (χ1v) is 6.71. The first-order valence-electron chi connectivity index (χ1n) is 6.71. The van der Waals surface area contributed by atoms with E-state index < -0.39 is 16.3 Å². The van der Waals surface area contributed by atoms with Crippen molar-refractivity contribution in [2.45, 2.75) is 5.60 Å². The molecule has 0 atom stereocenters. The highest BCUT2D eigenvalue weighted by Gasteiger charge is 2.45. The van der Waals surface area contributed by atoms with Crippen LogP contribution < -0.4 is 4.90 Å². The lowest BCUT2D eigenvalue weighted by atomic mass is 9.86. The molecular weight excluding hydrogens is 303 g/mol. The molecule has 2 heterocycles. The van der Waals surface area contributed by atoms with E-state index in [1.54, 1.807) is 6.07 Å². The lowest BCUT2D eigenvalue weighted by Crippen LogP contribution is -2.60. The molecule has 1 aromatic heterocycles. The molecule has 1 N–H and O–H groups in total. The Morgan fingerprint density at radius 1 is 1.35 bits per heavy atom. The van der Waals surface area contributed by atoms with E-state index in [2.05, 4.69) is 4.98 Å². The molecule has 0 bridgehead atoms. The summed E-state index contributed by atoms with van der Waals surface area (Å²) in [6.07, 6.45) is 1.32. The fourth-order valence-electron chi connectivity index (χ4n) is 2.62. The smallest absolute Gasteiger partial charge is 0.329 e. The van der Waals surface area contributed by atoms with Gasteiger partial charge in [0, 0.05) is 6.20 Å². The Morgan fingerprint density at radius 3 is 2.57 bits per heavy atom. The van der Waals surface area contributed by atoms with Gasteiger partial charge >= 0.3 is 5.69 Å². The number of hydrogen-bond acceptors (Lipinski definition) is 6. The molecule has 0 radical (unpaired) electrons. The second kappa shape index (κ2) is 5.30. The Kier molecular flexibility index (Phi) is 3.42. The number of aromatic nitrogens is 1. The number of pyridine rings is 1. The van der Waals surface area contributed by atoms with Gasteiger partial charge in [0.25, 0.3) is 0 Å². The van der Waals surface area contributed by atoms with E-state index in [0.717, 1.165) is 0 Å². The van der Waals surface area contributed by atoms with Crippen LogP contribution in [0.2, 0.25) is 0 Å². The molecule has 1 aliphatic heterocycles. The Bertz CT molecular complexity index is 810. The molecule has 116 valence electrons. The molecule has 1 aliphatic rings. The van der Waals surface area contributed by atoms with E-state index in [9.17, 15) is 19.6 Å². The van der Waals surface area contributed by atoms with Gasteiger partial charge in [-0.25, -0.2) is 9.37 Å². The van der Waals surface area contributed by atoms with Crippen LogP contribution >= 0.6 is 0 Å². The molecule has 0 aliphatic carbocycles. The topological polar surface area (TPSA) is 103 Å². The van der Waals surface area contributed by atoms with Crippen LogP contribution in [-0.2, 0) is 5.60 Å². The molecule has 0 saturated carbocycles. The monoisotopic (exact) mass is 314 g/mol. The molecule has 0 unspecified atom stereocenters. The van der Waals surface area contributed by atoms with Crippen LogP contribution in [-0.4, -0.2) is 28.1 Å². The van der Waals surface area contributed by atoms with Gasteiger partial charge in [0.15, 0.2) is 0 Å². The molecule has 0 spiro atoms. The first kappa shape index (κ1) is 14.9. The number of rotatable bonds is 3. The zero-order valence-corrected chi connectivity index (χ0v) is 11.8. The number of aliphatic hydroxyl groups is 1. The molecule has 2 aromatic rings. The van der Waals surface area contributed by atoms with E-state index in [1.807, 2.05) is 0 Å². The van der Waals surface area contributed by atoms with Gasteiger partial charge in [0.05, 0.1) is 18.0 Å². The average molecular weight is 314 g/mol. The van der Waals surface area contributed by atoms with E-state index in [4.69, 9.17) is 5.26 Å². The molecular formula is C15H11FN4O3. The van der Waals surface area contributed by atoms with Crippen molar-refractivity contribution < 1.29 is 14.4 Å². The van der Waals surface area contributed by atoms with Crippen LogP contribution in [0.25, 0.3) is 0 Å². The normalized spacial score (nSPS) is 15.6. The summed E-state index contributed by atoms with van der Waals surface area (Å²) in [6, 6.07) is 8.47. The second-order valence-corrected chi connectivity index (χ2v) is 5.29. The zero-order valence-electron chi connectivity index (χ0n) is 11.8. The summed E-state index contributed by atoms with van der Waals surface area (Å²) < 4.78 is 13.0. The maximum atomic E-state index is 13.0. The number of nitro groups is 1. The minimum absolute atomic E-state index is 0.0424. The van der Waals surface area contributed by atoms with Crippen LogP contribution in [0.4, 0.5) is 15.9 Å². The third-order valence-electron chi connectivity index (χ3n) is 3.79. The van der Waals surface area contributed by atoms with Crippen LogP contribution in [0.15, 0.2) is 36.5 Å². The van der Waals surface area contributed by atoms with Gasteiger partial charge in [-0.15, -0.1) is 0 Å². The highest BCUT2D eigenvalue weighted by Crippen LogP contribution is 2.39. The lowest BCUT2D eigenvalue weighted by molar-refractivity contribution is -0.384. The summed E-state index contributed by atoms with van der Waals surface area (Å²) in [6.45, 7) is 0.142. The molecule has 23 heavy (non-hydrogen) atoms. The van der Waals surface area contributed by atoms with Gasteiger partial charge in [0.2, 0.25) is 5.82 Å². The van der Waals surface area contributed by atoms with Crippen molar-refractivity contribution in [2.75, 3.05) is 18.0 Å². The predicted octanol–water partition coefficient (Wildman–Crippen LogP) is 1.71. The molecule has 8 heteroatoms. The predicted molar refractivity (Wildman–Crippen MR) is 78.1 cm³/mol. The van der Waals surface area contributed by atoms with Crippen LogP contribution in [0.5, 0.6) is 0 Å². The third kappa shape index (κ3) is 2.47. The Hall–Kier alpha value is -3.05. The number of benzene rings is 1. The van der Waals surface area contributed by atoms with E-state index in [1.165, 1.54) is 41.4 Å². The maximum absolute atomic E-state index is 13.0. The SMILES string of the molecule is N#Cc1ccnc(N2CC(O)(c3ccc(F)cc3)C2)c1[N+](=O)[O-]. The first-order chi connectivity index (χ1) is 10.9. The quantitative estimate of drug-likeness (QED) is 0.683. The molecule has 1 saturated heterocycles. The van der Waals surface area contributed by atoms with E-state index >= 15 is 0 Å². The number of β-amino-alcohol motifs (C(OH)–C–C–N with tert-alkyl or cyclic N) is 1. The van der Waals surface area contributed by atoms with Crippen molar-refractivity contribution in [3.63, 3.8) is 0 Å². The number of halogens is 1. The van der Waals surface area contributed by atoms with Crippen LogP contribution in [0.3, 0.4) is 0 Å². The summed E-state index contributed by atoms with van der Waals surface area (Å²) in [7, 11) is 0. The highest BCUT2D eigenvalue weighted by atomic mass is 19.1. The van der Waals surface area contributed by atoms with Gasteiger partial charge in [-0.1, -0.05) is 12.1 Å². The highest BCUT2D eigenvalue weighted by molar-refractivity contribution is 5.67. The van der Waals surface area contributed by atoms with Gasteiger partial charge in [-0.2, -0.15) is 5.26 Å². The standard InChI is InChI=1S/C15H11FN4O3/c16-12-3-1-11(2-4-12)15(21)8-19(9-15)14-13(20(22)23)10(7-17)5-6-18-14/h1-6,21H,8-9H2. The average Bonchev–Trinajstić information content (AvgIpc) is 2.51. The number of nitriles is 1. The number of hydrogen-bond donors (Lipinski definition) is 1. The van der Waals surface area contributed by atoms with Crippen molar-refractivity contribution in [2.24, 2.45) is 0 Å². The summed E-state index contributed by atoms with van der Waals surface area (Å²) in [5, 5.41) is 30.7. The molecule has 0 amide bonds. The van der Waals surface area contributed by atoms with E-state index in [-0.39, 0.29) is 30.2 Å². The zero-order chi connectivity index (χ0) is 16.6. The van der Waals surface area contributed by atoms with Crippen molar-refractivity contribution in [3.05, 3.63) is 63.6 Å². The van der Waals surface area contributed by atoms with Gasteiger partial charge in [-0.05, 0) is 23.8 Å². The minimum atomic E-state index is -1.23. The van der Waals surface area contributed by atoms with Crippen molar-refractivity contribution >= 4 is 11.5 Å².